The molecule has 2 nitrogen and oxygen atoms in total. The first kappa shape index (κ1) is 14.2. The Labute approximate surface area is 113 Å². The molecule has 0 amide bonds. The van der Waals surface area contributed by atoms with Crippen molar-refractivity contribution in [3.63, 3.8) is 0 Å². The fraction of sp³-hybridized carbons (Fsp3) is 0.462. The zero-order chi connectivity index (χ0) is 14.1. The van der Waals surface area contributed by atoms with Crippen LogP contribution in [0, 0.1) is 5.41 Å². The standard InChI is InChI=1S/C13H13F3O2S/c14-13(15,16)9-1-3-10(4-2-9)19-8-12(5-6-12)7-11(17)18/h1-4H,5-8H2,(H,17,18). The predicted octanol–water partition coefficient (Wildman–Crippen LogP) is 4.05. The van der Waals surface area contributed by atoms with Crippen LogP contribution in [-0.4, -0.2) is 16.8 Å². The van der Waals surface area contributed by atoms with E-state index < -0.39 is 17.7 Å². The van der Waals surface area contributed by atoms with E-state index in [4.69, 9.17) is 5.11 Å². The van der Waals surface area contributed by atoms with Gasteiger partial charge in [-0.1, -0.05) is 0 Å². The monoisotopic (exact) mass is 290 g/mol. The third-order valence-corrected chi connectivity index (χ3v) is 4.57. The smallest absolute Gasteiger partial charge is 0.416 e. The molecule has 1 aliphatic carbocycles. The summed E-state index contributed by atoms with van der Waals surface area (Å²) in [5.41, 5.74) is -0.817. The Hall–Kier alpha value is -1.17. The molecule has 0 saturated heterocycles. The van der Waals surface area contributed by atoms with Crippen molar-refractivity contribution in [2.75, 3.05) is 5.75 Å². The van der Waals surface area contributed by atoms with Gasteiger partial charge in [-0.2, -0.15) is 13.2 Å². The average Bonchev–Trinajstić information content (AvgIpc) is 3.05. The number of aliphatic carboxylic acids is 1. The summed E-state index contributed by atoms with van der Waals surface area (Å²) in [4.78, 5) is 11.4. The fourth-order valence-electron chi connectivity index (χ4n) is 1.85. The first-order chi connectivity index (χ1) is 8.81. The summed E-state index contributed by atoms with van der Waals surface area (Å²) in [5.74, 6) is -0.171. The molecule has 1 saturated carbocycles. The molecule has 104 valence electrons. The lowest BCUT2D eigenvalue weighted by Crippen LogP contribution is -2.11. The molecule has 1 aromatic rings. The summed E-state index contributed by atoms with van der Waals surface area (Å²) < 4.78 is 37.1. The Morgan fingerprint density at radius 1 is 1.26 bits per heavy atom. The number of thioether (sulfide) groups is 1. The third-order valence-electron chi connectivity index (χ3n) is 3.21. The van der Waals surface area contributed by atoms with Gasteiger partial charge in [0.05, 0.1) is 12.0 Å². The van der Waals surface area contributed by atoms with Gasteiger partial charge in [0.2, 0.25) is 0 Å². The van der Waals surface area contributed by atoms with Crippen LogP contribution < -0.4 is 0 Å². The second-order valence-electron chi connectivity index (χ2n) is 4.88. The molecule has 2 rings (SSSR count). The number of carboxylic acids is 1. The molecule has 1 aromatic carbocycles. The highest BCUT2D eigenvalue weighted by molar-refractivity contribution is 7.99. The van der Waals surface area contributed by atoms with Gasteiger partial charge < -0.3 is 5.11 Å². The summed E-state index contributed by atoms with van der Waals surface area (Å²) in [5, 5.41) is 8.78. The molecule has 0 aliphatic heterocycles. The molecule has 19 heavy (non-hydrogen) atoms. The number of alkyl halides is 3. The SMILES string of the molecule is O=C(O)CC1(CSc2ccc(C(F)(F)F)cc2)CC1. The van der Waals surface area contributed by atoms with Crippen molar-refractivity contribution in [2.45, 2.75) is 30.3 Å². The summed E-state index contributed by atoms with van der Waals surface area (Å²) in [6.07, 6.45) is -2.41. The fourth-order valence-corrected chi connectivity index (χ4v) is 3.04. The first-order valence-electron chi connectivity index (χ1n) is 5.83. The Bertz CT molecular complexity index is 464. The molecule has 1 N–H and O–H groups in total. The molecular weight excluding hydrogens is 277 g/mol. The zero-order valence-corrected chi connectivity index (χ0v) is 10.9. The van der Waals surface area contributed by atoms with Crippen LogP contribution in [-0.2, 0) is 11.0 Å². The maximum absolute atomic E-state index is 12.4. The van der Waals surface area contributed by atoms with Crippen molar-refractivity contribution in [2.24, 2.45) is 5.41 Å². The van der Waals surface area contributed by atoms with E-state index in [-0.39, 0.29) is 11.8 Å². The first-order valence-corrected chi connectivity index (χ1v) is 6.81. The zero-order valence-electron chi connectivity index (χ0n) is 10.0. The van der Waals surface area contributed by atoms with Gasteiger partial charge in [0.15, 0.2) is 0 Å². The van der Waals surface area contributed by atoms with Crippen LogP contribution in [0.1, 0.15) is 24.8 Å². The van der Waals surface area contributed by atoms with Crippen molar-refractivity contribution in [1.29, 1.82) is 0 Å². The number of benzene rings is 1. The lowest BCUT2D eigenvalue weighted by atomic mass is 10.1. The van der Waals surface area contributed by atoms with Gasteiger partial charge in [0, 0.05) is 10.6 Å². The molecule has 0 spiro atoms. The summed E-state index contributed by atoms with van der Waals surface area (Å²) in [6, 6.07) is 4.98. The number of carboxylic acid groups (broad SMARTS) is 1. The van der Waals surface area contributed by atoms with Crippen LogP contribution in [0.2, 0.25) is 0 Å². The number of halogens is 3. The van der Waals surface area contributed by atoms with Crippen molar-refractivity contribution in [1.82, 2.24) is 0 Å². The molecular formula is C13H13F3O2S. The maximum Gasteiger partial charge on any atom is 0.416 e. The van der Waals surface area contributed by atoms with E-state index in [1.165, 1.54) is 23.9 Å². The van der Waals surface area contributed by atoms with E-state index in [2.05, 4.69) is 0 Å². The molecule has 0 radical (unpaired) electrons. The Morgan fingerprint density at radius 2 is 1.84 bits per heavy atom. The molecule has 0 unspecified atom stereocenters. The quantitative estimate of drug-likeness (QED) is 0.831. The van der Waals surface area contributed by atoms with E-state index in [0.29, 0.717) is 5.75 Å². The van der Waals surface area contributed by atoms with E-state index in [1.807, 2.05) is 0 Å². The van der Waals surface area contributed by atoms with E-state index in [0.717, 1.165) is 29.9 Å². The Balaban J connectivity index is 1.92. The van der Waals surface area contributed by atoms with E-state index in [1.54, 1.807) is 0 Å². The van der Waals surface area contributed by atoms with Gasteiger partial charge in [-0.05, 0) is 42.5 Å². The molecule has 0 heterocycles. The summed E-state index contributed by atoms with van der Waals surface area (Å²) in [7, 11) is 0. The number of rotatable bonds is 5. The Kier molecular flexibility index (Phi) is 3.80. The van der Waals surface area contributed by atoms with Crippen molar-refractivity contribution < 1.29 is 23.1 Å². The molecule has 0 bridgehead atoms. The van der Waals surface area contributed by atoms with Crippen LogP contribution >= 0.6 is 11.8 Å². The van der Waals surface area contributed by atoms with Crippen LogP contribution in [0.25, 0.3) is 0 Å². The number of carbonyl (C=O) groups is 1. The minimum absolute atomic E-state index is 0.140. The van der Waals surface area contributed by atoms with Gasteiger partial charge in [0.25, 0.3) is 0 Å². The van der Waals surface area contributed by atoms with Gasteiger partial charge in [-0.25, -0.2) is 0 Å². The summed E-state index contributed by atoms with van der Waals surface area (Å²) >= 11 is 1.42. The minimum Gasteiger partial charge on any atom is -0.481 e. The van der Waals surface area contributed by atoms with Crippen molar-refractivity contribution in [3.05, 3.63) is 29.8 Å². The molecule has 6 heteroatoms. The third kappa shape index (κ3) is 3.89. The van der Waals surface area contributed by atoms with Crippen LogP contribution in [0.5, 0.6) is 0 Å². The minimum atomic E-state index is -4.32. The summed E-state index contributed by atoms with van der Waals surface area (Å²) in [6.45, 7) is 0. The van der Waals surface area contributed by atoms with Gasteiger partial charge >= 0.3 is 12.1 Å². The molecule has 1 aliphatic rings. The van der Waals surface area contributed by atoms with Crippen molar-refractivity contribution >= 4 is 17.7 Å². The number of hydrogen-bond acceptors (Lipinski definition) is 2. The van der Waals surface area contributed by atoms with Crippen LogP contribution in [0.4, 0.5) is 13.2 Å². The Morgan fingerprint density at radius 3 is 2.26 bits per heavy atom. The van der Waals surface area contributed by atoms with E-state index in [9.17, 15) is 18.0 Å². The average molecular weight is 290 g/mol. The van der Waals surface area contributed by atoms with Crippen LogP contribution in [0.3, 0.4) is 0 Å². The molecule has 0 atom stereocenters. The largest absolute Gasteiger partial charge is 0.481 e. The maximum atomic E-state index is 12.4. The van der Waals surface area contributed by atoms with Gasteiger partial charge in [-0.15, -0.1) is 11.8 Å². The van der Waals surface area contributed by atoms with E-state index >= 15 is 0 Å². The highest BCUT2D eigenvalue weighted by Gasteiger charge is 2.44. The number of hydrogen-bond donors (Lipinski definition) is 1. The highest BCUT2D eigenvalue weighted by Crippen LogP contribution is 2.52. The lowest BCUT2D eigenvalue weighted by Gasteiger charge is -2.12. The predicted molar refractivity (Wildman–Crippen MR) is 66.1 cm³/mol. The molecule has 1 fully saturated rings. The molecule has 0 aromatic heterocycles. The topological polar surface area (TPSA) is 37.3 Å². The normalized spacial score (nSPS) is 17.2. The second kappa shape index (κ2) is 5.07. The lowest BCUT2D eigenvalue weighted by molar-refractivity contribution is -0.138. The highest BCUT2D eigenvalue weighted by atomic mass is 32.2. The van der Waals surface area contributed by atoms with Crippen molar-refractivity contribution in [3.8, 4) is 0 Å². The van der Waals surface area contributed by atoms with Gasteiger partial charge in [-0.3, -0.25) is 4.79 Å². The van der Waals surface area contributed by atoms with Crippen LogP contribution in [0.15, 0.2) is 29.2 Å². The second-order valence-corrected chi connectivity index (χ2v) is 5.93. The van der Waals surface area contributed by atoms with Gasteiger partial charge in [0.1, 0.15) is 0 Å².